The molecule has 14 heavy (non-hydrogen) atoms. The lowest BCUT2D eigenvalue weighted by Crippen LogP contribution is -2.17. The van der Waals surface area contributed by atoms with Gasteiger partial charge >= 0.3 is 5.97 Å². The minimum atomic E-state index is -0.198. The molecular weight excluding hydrogens is 196 g/mol. The number of carbonyl (C=O) groups is 1. The van der Waals surface area contributed by atoms with Gasteiger partial charge in [-0.1, -0.05) is 12.1 Å². The molecule has 0 fully saturated rings. The third-order valence-corrected chi connectivity index (χ3v) is 3.04. The summed E-state index contributed by atoms with van der Waals surface area (Å²) >= 11 is 1.42. The van der Waals surface area contributed by atoms with Gasteiger partial charge in [0.25, 0.3) is 0 Å². The molecule has 1 aromatic heterocycles. The Kier molecular flexibility index (Phi) is 2.99. The van der Waals surface area contributed by atoms with E-state index in [2.05, 4.69) is 6.08 Å². The SMILES string of the molecule is O=C(OC1C=CCCC1)c1cccs1. The predicted octanol–water partition coefficient (Wildman–Crippen LogP) is 3.01. The quantitative estimate of drug-likeness (QED) is 0.551. The smallest absolute Gasteiger partial charge is 0.348 e. The summed E-state index contributed by atoms with van der Waals surface area (Å²) < 4.78 is 5.32. The summed E-state index contributed by atoms with van der Waals surface area (Å²) in [6.07, 6.45) is 7.21. The molecule has 0 radical (unpaired) electrons. The maximum absolute atomic E-state index is 11.5. The van der Waals surface area contributed by atoms with E-state index in [9.17, 15) is 4.79 Å². The van der Waals surface area contributed by atoms with Crippen LogP contribution in [-0.2, 0) is 4.74 Å². The van der Waals surface area contributed by atoms with E-state index < -0.39 is 0 Å². The number of ether oxygens (including phenoxy) is 1. The van der Waals surface area contributed by atoms with Crippen LogP contribution < -0.4 is 0 Å². The summed E-state index contributed by atoms with van der Waals surface area (Å²) in [5.41, 5.74) is 0. The van der Waals surface area contributed by atoms with Crippen molar-refractivity contribution in [2.45, 2.75) is 25.4 Å². The van der Waals surface area contributed by atoms with Gasteiger partial charge in [0.15, 0.2) is 0 Å². The fraction of sp³-hybridized carbons (Fsp3) is 0.364. The van der Waals surface area contributed by atoms with Crippen molar-refractivity contribution in [3.05, 3.63) is 34.5 Å². The lowest BCUT2D eigenvalue weighted by Gasteiger charge is -2.16. The Bertz CT molecular complexity index is 327. The molecule has 1 aromatic rings. The maximum atomic E-state index is 11.5. The molecule has 2 rings (SSSR count). The Balaban J connectivity index is 1.94. The van der Waals surface area contributed by atoms with Crippen molar-refractivity contribution in [1.29, 1.82) is 0 Å². The van der Waals surface area contributed by atoms with Crippen LogP contribution in [0.2, 0.25) is 0 Å². The molecule has 2 nitrogen and oxygen atoms in total. The molecule has 0 N–H and O–H groups in total. The van der Waals surface area contributed by atoms with Gasteiger partial charge in [-0.3, -0.25) is 0 Å². The summed E-state index contributed by atoms with van der Waals surface area (Å²) in [7, 11) is 0. The van der Waals surface area contributed by atoms with Crippen LogP contribution in [-0.4, -0.2) is 12.1 Å². The van der Waals surface area contributed by atoms with Gasteiger partial charge in [-0.2, -0.15) is 0 Å². The molecule has 74 valence electrons. The Hall–Kier alpha value is -1.09. The van der Waals surface area contributed by atoms with E-state index >= 15 is 0 Å². The largest absolute Gasteiger partial charge is 0.454 e. The Morgan fingerprint density at radius 1 is 1.57 bits per heavy atom. The van der Waals surface area contributed by atoms with Crippen LogP contribution >= 0.6 is 11.3 Å². The van der Waals surface area contributed by atoms with Gasteiger partial charge in [0, 0.05) is 0 Å². The first kappa shape index (κ1) is 9.46. The Labute approximate surface area is 87.2 Å². The second-order valence-corrected chi connectivity index (χ2v) is 4.23. The Morgan fingerprint density at radius 2 is 2.50 bits per heavy atom. The van der Waals surface area contributed by atoms with Gasteiger partial charge in [-0.15, -0.1) is 11.3 Å². The summed E-state index contributed by atoms with van der Waals surface area (Å²) in [4.78, 5) is 12.2. The number of rotatable bonds is 2. The molecule has 0 aromatic carbocycles. The molecule has 3 heteroatoms. The second kappa shape index (κ2) is 4.42. The van der Waals surface area contributed by atoms with E-state index in [1.54, 1.807) is 6.07 Å². The molecule has 1 atom stereocenters. The zero-order chi connectivity index (χ0) is 9.80. The summed E-state index contributed by atoms with van der Waals surface area (Å²) in [5, 5.41) is 1.88. The van der Waals surface area contributed by atoms with Gasteiger partial charge in [0.2, 0.25) is 0 Å². The van der Waals surface area contributed by atoms with E-state index in [-0.39, 0.29) is 12.1 Å². The molecule has 0 saturated carbocycles. The molecule has 1 heterocycles. The van der Waals surface area contributed by atoms with Crippen molar-refractivity contribution >= 4 is 17.3 Å². The monoisotopic (exact) mass is 208 g/mol. The van der Waals surface area contributed by atoms with Crippen molar-refractivity contribution < 1.29 is 9.53 Å². The zero-order valence-electron chi connectivity index (χ0n) is 7.81. The minimum absolute atomic E-state index is 0.0154. The molecule has 0 saturated heterocycles. The van der Waals surface area contributed by atoms with Gasteiger partial charge in [-0.05, 0) is 36.8 Å². The first-order chi connectivity index (χ1) is 6.86. The topological polar surface area (TPSA) is 26.3 Å². The molecule has 0 bridgehead atoms. The minimum Gasteiger partial charge on any atom is -0.454 e. The third-order valence-electron chi connectivity index (χ3n) is 2.19. The number of hydrogen-bond donors (Lipinski definition) is 0. The van der Waals surface area contributed by atoms with E-state index in [4.69, 9.17) is 4.74 Å². The average molecular weight is 208 g/mol. The van der Waals surface area contributed by atoms with E-state index in [0.717, 1.165) is 19.3 Å². The maximum Gasteiger partial charge on any atom is 0.348 e. The van der Waals surface area contributed by atoms with Crippen molar-refractivity contribution in [2.75, 3.05) is 0 Å². The van der Waals surface area contributed by atoms with Crippen LogP contribution in [0.3, 0.4) is 0 Å². The highest BCUT2D eigenvalue weighted by Gasteiger charge is 2.15. The summed E-state index contributed by atoms with van der Waals surface area (Å²) in [6, 6.07) is 3.65. The summed E-state index contributed by atoms with van der Waals surface area (Å²) in [5.74, 6) is -0.198. The standard InChI is InChI=1S/C11H12O2S/c12-11(10-7-4-8-14-10)13-9-5-2-1-3-6-9/h2,4-5,7-9H,1,3,6H2. The van der Waals surface area contributed by atoms with Crippen LogP contribution in [0.4, 0.5) is 0 Å². The fourth-order valence-electron chi connectivity index (χ4n) is 1.47. The highest BCUT2D eigenvalue weighted by Crippen LogP contribution is 2.17. The van der Waals surface area contributed by atoms with Crippen LogP contribution in [0.25, 0.3) is 0 Å². The van der Waals surface area contributed by atoms with Crippen molar-refractivity contribution in [2.24, 2.45) is 0 Å². The molecule has 1 aliphatic rings. The number of thiophene rings is 1. The van der Waals surface area contributed by atoms with Gasteiger partial charge in [-0.25, -0.2) is 4.79 Å². The first-order valence-corrected chi connectivity index (χ1v) is 5.65. The predicted molar refractivity (Wildman–Crippen MR) is 56.5 cm³/mol. The molecule has 0 aliphatic heterocycles. The fourth-order valence-corrected chi connectivity index (χ4v) is 2.07. The number of allylic oxidation sites excluding steroid dienone is 1. The van der Waals surface area contributed by atoms with Crippen molar-refractivity contribution in [3.8, 4) is 0 Å². The highest BCUT2D eigenvalue weighted by atomic mass is 32.1. The Morgan fingerprint density at radius 3 is 3.14 bits per heavy atom. The number of esters is 1. The number of carbonyl (C=O) groups excluding carboxylic acids is 1. The first-order valence-electron chi connectivity index (χ1n) is 4.77. The normalized spacial score (nSPS) is 20.7. The molecule has 1 unspecified atom stereocenters. The number of hydrogen-bond acceptors (Lipinski definition) is 3. The van der Waals surface area contributed by atoms with E-state index in [1.807, 2.05) is 17.5 Å². The second-order valence-electron chi connectivity index (χ2n) is 3.28. The van der Waals surface area contributed by atoms with Gasteiger partial charge in [0.1, 0.15) is 11.0 Å². The third kappa shape index (κ3) is 2.23. The average Bonchev–Trinajstić information content (AvgIpc) is 2.72. The van der Waals surface area contributed by atoms with Gasteiger partial charge in [0.05, 0.1) is 0 Å². The molecular formula is C11H12O2S. The lowest BCUT2D eigenvalue weighted by molar-refractivity contribution is 0.0376. The highest BCUT2D eigenvalue weighted by molar-refractivity contribution is 7.11. The van der Waals surface area contributed by atoms with Crippen LogP contribution in [0, 0.1) is 0 Å². The zero-order valence-corrected chi connectivity index (χ0v) is 8.63. The van der Waals surface area contributed by atoms with Gasteiger partial charge < -0.3 is 4.74 Å². The molecule has 0 amide bonds. The van der Waals surface area contributed by atoms with Crippen molar-refractivity contribution in [3.63, 3.8) is 0 Å². The van der Waals surface area contributed by atoms with Crippen LogP contribution in [0.1, 0.15) is 28.9 Å². The van der Waals surface area contributed by atoms with E-state index in [0.29, 0.717) is 4.88 Å². The van der Waals surface area contributed by atoms with E-state index in [1.165, 1.54) is 11.3 Å². The van der Waals surface area contributed by atoms with Crippen LogP contribution in [0.5, 0.6) is 0 Å². The molecule has 1 aliphatic carbocycles. The molecule has 0 spiro atoms. The summed E-state index contributed by atoms with van der Waals surface area (Å²) in [6.45, 7) is 0. The van der Waals surface area contributed by atoms with Crippen molar-refractivity contribution in [1.82, 2.24) is 0 Å². The van der Waals surface area contributed by atoms with Crippen LogP contribution in [0.15, 0.2) is 29.7 Å². The lowest BCUT2D eigenvalue weighted by atomic mass is 10.1.